The van der Waals surface area contributed by atoms with Gasteiger partial charge in [-0.05, 0) is 49.6 Å². The van der Waals surface area contributed by atoms with E-state index in [4.69, 9.17) is 9.47 Å². The van der Waals surface area contributed by atoms with Crippen molar-refractivity contribution in [3.05, 3.63) is 68.4 Å². The van der Waals surface area contributed by atoms with Crippen LogP contribution in [0.3, 0.4) is 0 Å². The average Bonchev–Trinajstić information content (AvgIpc) is 3.53. The standard InChI is InChI=1S/C23H20N2O6S2/c1-4-31-22(29)20-12(2)24-23(33-20)25-17(15-6-5-11-32-15)16(19(27)21(25)28)18(26)13-7-9-14(30-3)10-8-13/h5-11,17,26H,4H2,1-3H3/b18-16+. The largest absolute Gasteiger partial charge is 0.507 e. The zero-order valence-electron chi connectivity index (χ0n) is 18.0. The highest BCUT2D eigenvalue weighted by molar-refractivity contribution is 7.18. The van der Waals surface area contributed by atoms with Gasteiger partial charge in [0.2, 0.25) is 0 Å². The van der Waals surface area contributed by atoms with Crippen molar-refractivity contribution in [3.8, 4) is 5.75 Å². The van der Waals surface area contributed by atoms with Crippen LogP contribution < -0.4 is 9.64 Å². The zero-order valence-corrected chi connectivity index (χ0v) is 19.7. The first-order valence-corrected chi connectivity index (χ1v) is 11.7. The van der Waals surface area contributed by atoms with Gasteiger partial charge in [0.15, 0.2) is 5.13 Å². The number of rotatable bonds is 6. The number of aromatic nitrogens is 1. The quantitative estimate of drug-likeness (QED) is 0.240. The topological polar surface area (TPSA) is 106 Å². The van der Waals surface area contributed by atoms with Gasteiger partial charge in [-0.2, -0.15) is 0 Å². The smallest absolute Gasteiger partial charge is 0.350 e. The van der Waals surface area contributed by atoms with Crippen molar-refractivity contribution in [2.75, 3.05) is 18.6 Å². The number of ether oxygens (including phenoxy) is 2. The van der Waals surface area contributed by atoms with Crippen LogP contribution in [0.25, 0.3) is 5.76 Å². The third-order valence-corrected chi connectivity index (χ3v) is 7.13. The maximum atomic E-state index is 13.1. The Balaban J connectivity index is 1.85. The molecule has 0 radical (unpaired) electrons. The number of ketones is 1. The number of aliphatic hydroxyl groups is 1. The molecule has 4 rings (SSSR count). The van der Waals surface area contributed by atoms with Crippen LogP contribution in [0.5, 0.6) is 5.75 Å². The number of thiophene rings is 1. The zero-order chi connectivity index (χ0) is 23.7. The molecule has 0 aliphatic carbocycles. The van der Waals surface area contributed by atoms with Crippen LogP contribution in [0, 0.1) is 6.92 Å². The minimum atomic E-state index is -0.882. The molecule has 0 bridgehead atoms. The maximum Gasteiger partial charge on any atom is 0.350 e. The summed E-state index contributed by atoms with van der Waals surface area (Å²) in [6.45, 7) is 3.54. The van der Waals surface area contributed by atoms with E-state index < -0.39 is 23.7 Å². The Labute approximate surface area is 197 Å². The van der Waals surface area contributed by atoms with Gasteiger partial charge in [-0.25, -0.2) is 9.78 Å². The summed E-state index contributed by atoms with van der Waals surface area (Å²) in [5, 5.41) is 13.1. The molecule has 3 heterocycles. The molecule has 0 spiro atoms. The predicted molar refractivity (Wildman–Crippen MR) is 125 cm³/mol. The fourth-order valence-corrected chi connectivity index (χ4v) is 5.33. The first-order chi connectivity index (χ1) is 15.9. The Morgan fingerprint density at radius 1 is 1.21 bits per heavy atom. The molecule has 2 aromatic heterocycles. The van der Waals surface area contributed by atoms with Crippen molar-refractivity contribution in [2.24, 2.45) is 0 Å². The van der Waals surface area contributed by atoms with Gasteiger partial charge < -0.3 is 14.6 Å². The van der Waals surface area contributed by atoms with Crippen molar-refractivity contribution in [2.45, 2.75) is 19.9 Å². The molecule has 1 atom stereocenters. The number of hydrogen-bond donors (Lipinski definition) is 1. The lowest BCUT2D eigenvalue weighted by molar-refractivity contribution is -0.132. The fourth-order valence-electron chi connectivity index (χ4n) is 3.52. The van der Waals surface area contributed by atoms with Crippen molar-refractivity contribution >= 4 is 51.2 Å². The highest BCUT2D eigenvalue weighted by atomic mass is 32.1. The Bertz CT molecular complexity index is 1240. The van der Waals surface area contributed by atoms with Crippen molar-refractivity contribution in [1.29, 1.82) is 0 Å². The second kappa shape index (κ2) is 9.16. The lowest BCUT2D eigenvalue weighted by Crippen LogP contribution is -2.29. The summed E-state index contributed by atoms with van der Waals surface area (Å²) in [6.07, 6.45) is 0. The molecule has 0 saturated carbocycles. The molecular formula is C23H20N2O6S2. The molecule has 1 fully saturated rings. The number of thiazole rings is 1. The Morgan fingerprint density at radius 3 is 2.55 bits per heavy atom. The fraction of sp³-hybridized carbons (Fsp3) is 0.217. The molecular weight excluding hydrogens is 464 g/mol. The van der Waals surface area contributed by atoms with Crippen LogP contribution >= 0.6 is 22.7 Å². The first-order valence-electron chi connectivity index (χ1n) is 10.0. The van der Waals surface area contributed by atoms with E-state index in [0.29, 0.717) is 21.9 Å². The number of Topliss-reactive ketones (excluding diaryl/α,β-unsaturated/α-hetero) is 1. The SMILES string of the molecule is CCOC(=O)c1sc(N2C(=O)C(=O)/C(=C(/O)c3ccc(OC)cc3)C2c2cccs2)nc1C. The van der Waals surface area contributed by atoms with E-state index >= 15 is 0 Å². The van der Waals surface area contributed by atoms with Crippen molar-refractivity contribution in [1.82, 2.24) is 4.98 Å². The molecule has 1 aliphatic heterocycles. The molecule has 10 heteroatoms. The van der Waals surface area contributed by atoms with E-state index in [0.717, 1.165) is 11.3 Å². The monoisotopic (exact) mass is 484 g/mol. The molecule has 1 unspecified atom stereocenters. The van der Waals surface area contributed by atoms with Gasteiger partial charge in [0.25, 0.3) is 5.78 Å². The number of aryl methyl sites for hydroxylation is 1. The van der Waals surface area contributed by atoms with E-state index in [1.807, 2.05) is 5.38 Å². The molecule has 1 N–H and O–H groups in total. The number of anilines is 1. The second-order valence-electron chi connectivity index (χ2n) is 7.04. The number of amides is 1. The molecule has 170 valence electrons. The summed E-state index contributed by atoms with van der Waals surface area (Å²) in [7, 11) is 1.53. The lowest BCUT2D eigenvalue weighted by atomic mass is 10.00. The number of carbonyl (C=O) groups excluding carboxylic acids is 3. The van der Waals surface area contributed by atoms with E-state index in [-0.39, 0.29) is 27.9 Å². The van der Waals surface area contributed by atoms with Gasteiger partial charge in [0.05, 0.1) is 25.0 Å². The minimum Gasteiger partial charge on any atom is -0.507 e. The summed E-state index contributed by atoms with van der Waals surface area (Å²) in [4.78, 5) is 45.1. The molecule has 1 amide bonds. The molecule has 33 heavy (non-hydrogen) atoms. The molecule has 3 aromatic rings. The normalized spacial score (nSPS) is 17.4. The third kappa shape index (κ3) is 4.03. The summed E-state index contributed by atoms with van der Waals surface area (Å²) in [6, 6.07) is 9.22. The first kappa shape index (κ1) is 22.7. The molecule has 1 aromatic carbocycles. The van der Waals surface area contributed by atoms with Crippen LogP contribution in [0.2, 0.25) is 0 Å². The number of carbonyl (C=O) groups is 3. The Morgan fingerprint density at radius 2 is 1.94 bits per heavy atom. The van der Waals surface area contributed by atoms with Crippen LogP contribution in [0.4, 0.5) is 5.13 Å². The number of methoxy groups -OCH3 is 1. The average molecular weight is 485 g/mol. The highest BCUT2D eigenvalue weighted by Gasteiger charge is 2.48. The number of hydrogen-bond acceptors (Lipinski definition) is 9. The van der Waals surface area contributed by atoms with Gasteiger partial charge in [-0.3, -0.25) is 14.5 Å². The molecule has 1 saturated heterocycles. The van der Waals surface area contributed by atoms with Gasteiger partial charge in [0, 0.05) is 10.4 Å². The van der Waals surface area contributed by atoms with Crippen molar-refractivity contribution in [3.63, 3.8) is 0 Å². The lowest BCUT2D eigenvalue weighted by Gasteiger charge is -2.21. The van der Waals surface area contributed by atoms with Crippen LogP contribution in [-0.4, -0.2) is 41.5 Å². The van der Waals surface area contributed by atoms with E-state index in [9.17, 15) is 19.5 Å². The number of benzene rings is 1. The summed E-state index contributed by atoms with van der Waals surface area (Å²) in [5.41, 5.74) is 0.728. The van der Waals surface area contributed by atoms with Crippen LogP contribution in [-0.2, 0) is 14.3 Å². The van der Waals surface area contributed by atoms with Gasteiger partial charge in [-0.15, -0.1) is 11.3 Å². The summed E-state index contributed by atoms with van der Waals surface area (Å²) in [5.74, 6) is -1.90. The van der Waals surface area contributed by atoms with E-state index in [2.05, 4.69) is 4.98 Å². The number of nitrogens with zero attached hydrogens (tertiary/aromatic N) is 2. The Hall–Kier alpha value is -3.50. The van der Waals surface area contributed by atoms with Crippen LogP contribution in [0.1, 0.15) is 38.8 Å². The number of aliphatic hydroxyl groups excluding tert-OH is 1. The maximum absolute atomic E-state index is 13.1. The highest BCUT2D eigenvalue weighted by Crippen LogP contribution is 2.45. The van der Waals surface area contributed by atoms with Gasteiger partial charge in [0.1, 0.15) is 22.4 Å². The summed E-state index contributed by atoms with van der Waals surface area (Å²) < 4.78 is 10.2. The van der Waals surface area contributed by atoms with Crippen LogP contribution in [0.15, 0.2) is 47.4 Å². The predicted octanol–water partition coefficient (Wildman–Crippen LogP) is 4.32. The van der Waals surface area contributed by atoms with E-state index in [1.165, 1.54) is 23.3 Å². The third-order valence-electron chi connectivity index (χ3n) is 5.07. The molecule has 1 aliphatic rings. The van der Waals surface area contributed by atoms with Gasteiger partial charge >= 0.3 is 11.9 Å². The Kier molecular flexibility index (Phi) is 6.30. The number of esters is 1. The van der Waals surface area contributed by atoms with Gasteiger partial charge in [-0.1, -0.05) is 17.4 Å². The minimum absolute atomic E-state index is 0.0434. The molecule has 8 nitrogen and oxygen atoms in total. The second-order valence-corrected chi connectivity index (χ2v) is 9.00. The van der Waals surface area contributed by atoms with Crippen molar-refractivity contribution < 1.29 is 29.0 Å². The summed E-state index contributed by atoms with van der Waals surface area (Å²) >= 11 is 2.32. The van der Waals surface area contributed by atoms with E-state index in [1.54, 1.807) is 50.2 Å².